The number of benzene rings is 1. The van der Waals surface area contributed by atoms with Crippen molar-refractivity contribution < 1.29 is 0 Å². The summed E-state index contributed by atoms with van der Waals surface area (Å²) in [7, 11) is 4.37. The number of aryl methyl sites for hydroxylation is 1. The molecule has 1 aliphatic rings. The van der Waals surface area contributed by atoms with Crippen LogP contribution in [0.5, 0.6) is 0 Å². The van der Waals surface area contributed by atoms with Crippen LogP contribution in [0.1, 0.15) is 30.9 Å². The van der Waals surface area contributed by atoms with Gasteiger partial charge in [0.1, 0.15) is 0 Å². The van der Waals surface area contributed by atoms with Gasteiger partial charge in [-0.25, -0.2) is 0 Å². The van der Waals surface area contributed by atoms with Crippen LogP contribution < -0.4 is 10.2 Å². The SMILES string of the molecule is CCCNCc1ccc(N2CCC(N(C)C)C2)c(C)c1. The normalized spacial score (nSPS) is 19.1. The van der Waals surface area contributed by atoms with Crippen molar-refractivity contribution in [2.24, 2.45) is 0 Å². The molecule has 1 fully saturated rings. The average molecular weight is 275 g/mol. The van der Waals surface area contributed by atoms with E-state index in [1.807, 2.05) is 0 Å². The van der Waals surface area contributed by atoms with Crippen LogP contribution in [-0.2, 0) is 6.54 Å². The quantitative estimate of drug-likeness (QED) is 0.805. The highest BCUT2D eigenvalue weighted by molar-refractivity contribution is 5.55. The van der Waals surface area contributed by atoms with E-state index in [4.69, 9.17) is 0 Å². The average Bonchev–Trinajstić information content (AvgIpc) is 2.89. The van der Waals surface area contributed by atoms with E-state index in [0.29, 0.717) is 6.04 Å². The smallest absolute Gasteiger partial charge is 0.0396 e. The molecule has 2 rings (SSSR count). The summed E-state index contributed by atoms with van der Waals surface area (Å²) in [5.74, 6) is 0. The van der Waals surface area contributed by atoms with E-state index in [2.05, 4.69) is 61.3 Å². The summed E-state index contributed by atoms with van der Waals surface area (Å²) < 4.78 is 0. The molecule has 1 aliphatic heterocycles. The number of nitrogens with zero attached hydrogens (tertiary/aromatic N) is 2. The highest BCUT2D eigenvalue weighted by Crippen LogP contribution is 2.26. The van der Waals surface area contributed by atoms with Gasteiger partial charge >= 0.3 is 0 Å². The van der Waals surface area contributed by atoms with E-state index in [1.54, 1.807) is 0 Å². The first-order chi connectivity index (χ1) is 9.61. The second-order valence-electron chi connectivity index (χ2n) is 6.15. The third-order valence-electron chi connectivity index (χ3n) is 4.25. The largest absolute Gasteiger partial charge is 0.370 e. The molecule has 0 amide bonds. The van der Waals surface area contributed by atoms with Crippen LogP contribution in [0, 0.1) is 6.92 Å². The molecule has 0 aromatic heterocycles. The number of nitrogens with one attached hydrogen (secondary N) is 1. The van der Waals surface area contributed by atoms with Crippen molar-refractivity contribution in [3.8, 4) is 0 Å². The Hall–Kier alpha value is -1.06. The summed E-state index contributed by atoms with van der Waals surface area (Å²) in [5, 5.41) is 3.47. The zero-order chi connectivity index (χ0) is 14.5. The Labute approximate surface area is 124 Å². The number of likely N-dealkylation sites (N-methyl/N-ethyl adjacent to an activating group) is 1. The number of hydrogen-bond donors (Lipinski definition) is 1. The summed E-state index contributed by atoms with van der Waals surface area (Å²) in [6, 6.07) is 7.60. The van der Waals surface area contributed by atoms with Gasteiger partial charge in [0.25, 0.3) is 0 Å². The topological polar surface area (TPSA) is 18.5 Å². The maximum Gasteiger partial charge on any atom is 0.0396 e. The molecule has 1 aromatic rings. The summed E-state index contributed by atoms with van der Waals surface area (Å²) in [6.07, 6.45) is 2.46. The molecule has 1 heterocycles. The summed E-state index contributed by atoms with van der Waals surface area (Å²) in [4.78, 5) is 4.88. The van der Waals surface area contributed by atoms with E-state index in [-0.39, 0.29) is 0 Å². The molecular formula is C17H29N3. The zero-order valence-electron chi connectivity index (χ0n) is 13.4. The molecule has 1 aromatic carbocycles. The Bertz CT molecular complexity index is 428. The Morgan fingerprint density at radius 1 is 1.35 bits per heavy atom. The fourth-order valence-electron chi connectivity index (χ4n) is 2.97. The lowest BCUT2D eigenvalue weighted by Crippen LogP contribution is -2.31. The van der Waals surface area contributed by atoms with Gasteiger partial charge in [-0.2, -0.15) is 0 Å². The molecule has 0 bridgehead atoms. The van der Waals surface area contributed by atoms with E-state index in [1.165, 1.54) is 36.2 Å². The standard InChI is InChI=1S/C17H29N3/c1-5-9-18-12-15-6-7-17(14(2)11-15)20-10-8-16(13-20)19(3)4/h6-7,11,16,18H,5,8-10,12-13H2,1-4H3. The number of hydrogen-bond acceptors (Lipinski definition) is 3. The van der Waals surface area contributed by atoms with Crippen LogP contribution in [0.25, 0.3) is 0 Å². The van der Waals surface area contributed by atoms with Gasteiger partial charge in [0.15, 0.2) is 0 Å². The van der Waals surface area contributed by atoms with E-state index >= 15 is 0 Å². The van der Waals surface area contributed by atoms with Crippen LogP contribution >= 0.6 is 0 Å². The molecule has 0 saturated carbocycles. The highest BCUT2D eigenvalue weighted by Gasteiger charge is 2.24. The van der Waals surface area contributed by atoms with Crippen LogP contribution in [0.15, 0.2) is 18.2 Å². The third-order valence-corrected chi connectivity index (χ3v) is 4.25. The second kappa shape index (κ2) is 7.09. The molecule has 0 radical (unpaired) electrons. The minimum Gasteiger partial charge on any atom is -0.370 e. The van der Waals surface area contributed by atoms with Crippen LogP contribution in [0.4, 0.5) is 5.69 Å². The molecule has 3 heteroatoms. The first-order valence-corrected chi connectivity index (χ1v) is 7.83. The van der Waals surface area contributed by atoms with Crippen molar-refractivity contribution in [1.29, 1.82) is 0 Å². The minimum absolute atomic E-state index is 0.695. The molecule has 1 N–H and O–H groups in total. The van der Waals surface area contributed by atoms with Crippen molar-refractivity contribution >= 4 is 5.69 Å². The third kappa shape index (κ3) is 3.74. The zero-order valence-corrected chi connectivity index (χ0v) is 13.4. The molecular weight excluding hydrogens is 246 g/mol. The predicted molar refractivity (Wildman–Crippen MR) is 87.5 cm³/mol. The fraction of sp³-hybridized carbons (Fsp3) is 0.647. The van der Waals surface area contributed by atoms with Crippen LogP contribution in [-0.4, -0.2) is 44.7 Å². The van der Waals surface area contributed by atoms with E-state index in [0.717, 1.165) is 19.6 Å². The Kier molecular flexibility index (Phi) is 5.44. The maximum atomic E-state index is 3.47. The molecule has 0 spiro atoms. The van der Waals surface area contributed by atoms with Crippen LogP contribution in [0.3, 0.4) is 0 Å². The number of rotatable bonds is 6. The van der Waals surface area contributed by atoms with Crippen molar-refractivity contribution in [2.75, 3.05) is 38.6 Å². The van der Waals surface area contributed by atoms with E-state index < -0.39 is 0 Å². The monoisotopic (exact) mass is 275 g/mol. The lowest BCUT2D eigenvalue weighted by molar-refractivity contribution is 0.315. The first-order valence-electron chi connectivity index (χ1n) is 7.83. The minimum atomic E-state index is 0.695. The molecule has 20 heavy (non-hydrogen) atoms. The predicted octanol–water partition coefficient (Wildman–Crippen LogP) is 2.63. The van der Waals surface area contributed by atoms with Gasteiger partial charge in [0, 0.05) is 31.4 Å². The highest BCUT2D eigenvalue weighted by atomic mass is 15.2. The Morgan fingerprint density at radius 2 is 2.15 bits per heavy atom. The van der Waals surface area contributed by atoms with Gasteiger partial charge in [0.05, 0.1) is 0 Å². The Morgan fingerprint density at radius 3 is 2.75 bits per heavy atom. The summed E-state index contributed by atoms with van der Waals surface area (Å²) in [5.41, 5.74) is 4.21. The van der Waals surface area contributed by atoms with Gasteiger partial charge < -0.3 is 15.1 Å². The molecule has 1 atom stereocenters. The summed E-state index contributed by atoms with van der Waals surface area (Å²) >= 11 is 0. The first kappa shape index (κ1) is 15.3. The van der Waals surface area contributed by atoms with Gasteiger partial charge in [-0.1, -0.05) is 19.1 Å². The van der Waals surface area contributed by atoms with Gasteiger partial charge in [-0.3, -0.25) is 0 Å². The Balaban J connectivity index is 1.99. The fourth-order valence-corrected chi connectivity index (χ4v) is 2.97. The molecule has 1 saturated heterocycles. The van der Waals surface area contributed by atoms with Crippen LogP contribution in [0.2, 0.25) is 0 Å². The summed E-state index contributed by atoms with van der Waals surface area (Å²) in [6.45, 7) is 8.85. The molecule has 1 unspecified atom stereocenters. The molecule has 112 valence electrons. The maximum absolute atomic E-state index is 3.47. The lowest BCUT2D eigenvalue weighted by atomic mass is 10.1. The van der Waals surface area contributed by atoms with Gasteiger partial charge in [-0.15, -0.1) is 0 Å². The van der Waals surface area contributed by atoms with E-state index in [9.17, 15) is 0 Å². The van der Waals surface area contributed by atoms with Gasteiger partial charge in [-0.05, 0) is 57.6 Å². The van der Waals surface area contributed by atoms with Crippen molar-refractivity contribution in [2.45, 2.75) is 39.3 Å². The van der Waals surface area contributed by atoms with Crippen molar-refractivity contribution in [1.82, 2.24) is 10.2 Å². The van der Waals surface area contributed by atoms with Crippen molar-refractivity contribution in [3.05, 3.63) is 29.3 Å². The molecule has 3 nitrogen and oxygen atoms in total. The van der Waals surface area contributed by atoms with Crippen molar-refractivity contribution in [3.63, 3.8) is 0 Å². The second-order valence-corrected chi connectivity index (χ2v) is 6.15. The van der Waals surface area contributed by atoms with Gasteiger partial charge in [0.2, 0.25) is 0 Å². The molecule has 0 aliphatic carbocycles. The number of anilines is 1. The lowest BCUT2D eigenvalue weighted by Gasteiger charge is -2.23.